The predicted molar refractivity (Wildman–Crippen MR) is 69.3 cm³/mol. The largest absolute Gasteiger partial charge is 0.496 e. The number of ether oxygens (including phenoxy) is 3. The van der Waals surface area contributed by atoms with Gasteiger partial charge in [0.2, 0.25) is 0 Å². The summed E-state index contributed by atoms with van der Waals surface area (Å²) >= 11 is 0. The fourth-order valence-electron chi connectivity index (χ4n) is 1.72. The lowest BCUT2D eigenvalue weighted by Gasteiger charge is -2.18. The summed E-state index contributed by atoms with van der Waals surface area (Å²) in [5.74, 6) is 1.24. The molecule has 1 rings (SSSR count). The molecule has 0 aliphatic carbocycles. The number of aliphatic hydroxyl groups is 1. The third kappa shape index (κ3) is 3.87. The summed E-state index contributed by atoms with van der Waals surface area (Å²) in [4.78, 5) is 0. The van der Waals surface area contributed by atoms with E-state index in [1.807, 2.05) is 6.07 Å². The lowest BCUT2D eigenvalue weighted by atomic mass is 10.1. The van der Waals surface area contributed by atoms with Gasteiger partial charge in [-0.2, -0.15) is 0 Å². The molecule has 0 aliphatic rings. The van der Waals surface area contributed by atoms with E-state index in [2.05, 4.69) is 5.32 Å². The number of hydrogen-bond acceptors (Lipinski definition) is 5. The van der Waals surface area contributed by atoms with E-state index >= 15 is 0 Å². The fourth-order valence-corrected chi connectivity index (χ4v) is 1.72. The summed E-state index contributed by atoms with van der Waals surface area (Å²) in [5.41, 5.74) is 0.660. The molecule has 0 radical (unpaired) electrons. The first-order chi connectivity index (χ1) is 8.74. The summed E-state index contributed by atoms with van der Waals surface area (Å²) in [6.45, 7) is 1.71. The van der Waals surface area contributed by atoms with Gasteiger partial charge in [-0.3, -0.25) is 0 Å². The van der Waals surface area contributed by atoms with E-state index in [-0.39, 0.29) is 0 Å². The van der Waals surface area contributed by atoms with Crippen molar-refractivity contribution in [1.29, 1.82) is 0 Å². The minimum Gasteiger partial charge on any atom is -0.496 e. The molecule has 0 bridgehead atoms. The van der Waals surface area contributed by atoms with Crippen LogP contribution in [0.25, 0.3) is 0 Å². The zero-order chi connectivity index (χ0) is 13.4. The summed E-state index contributed by atoms with van der Waals surface area (Å²) in [6.07, 6.45) is -0.687. The second-order valence-electron chi connectivity index (χ2n) is 3.79. The van der Waals surface area contributed by atoms with Crippen molar-refractivity contribution in [3.05, 3.63) is 23.8 Å². The number of aliphatic hydroxyl groups excluding tert-OH is 1. The van der Waals surface area contributed by atoms with Crippen molar-refractivity contribution in [3.63, 3.8) is 0 Å². The van der Waals surface area contributed by atoms with Gasteiger partial charge in [0.05, 0.1) is 32.5 Å². The summed E-state index contributed by atoms with van der Waals surface area (Å²) in [7, 11) is 4.79. The first-order valence-corrected chi connectivity index (χ1v) is 5.83. The number of nitrogens with one attached hydrogen (secondary N) is 1. The van der Waals surface area contributed by atoms with Crippen LogP contribution >= 0.6 is 0 Å². The van der Waals surface area contributed by atoms with Gasteiger partial charge < -0.3 is 24.6 Å². The van der Waals surface area contributed by atoms with Crippen LogP contribution in [0, 0.1) is 0 Å². The van der Waals surface area contributed by atoms with Crippen LogP contribution in [0.2, 0.25) is 0 Å². The lowest BCUT2D eigenvalue weighted by molar-refractivity contribution is 0.155. The molecule has 1 unspecified atom stereocenters. The zero-order valence-corrected chi connectivity index (χ0v) is 11.1. The van der Waals surface area contributed by atoms with Gasteiger partial charge in [-0.05, 0) is 12.1 Å². The zero-order valence-electron chi connectivity index (χ0n) is 11.1. The molecular weight excluding hydrogens is 234 g/mol. The van der Waals surface area contributed by atoms with Gasteiger partial charge in [0.15, 0.2) is 0 Å². The second-order valence-corrected chi connectivity index (χ2v) is 3.79. The standard InChI is InChI=1S/C13H21NO4/c1-16-8-7-14-9-10(15)13-11(17-2)5-4-6-12(13)18-3/h4-6,10,14-15H,7-9H2,1-3H3. The van der Waals surface area contributed by atoms with Gasteiger partial charge in [0.1, 0.15) is 11.5 Å². The highest BCUT2D eigenvalue weighted by atomic mass is 16.5. The number of hydrogen-bond donors (Lipinski definition) is 2. The van der Waals surface area contributed by atoms with Crippen molar-refractivity contribution in [2.24, 2.45) is 0 Å². The van der Waals surface area contributed by atoms with E-state index in [0.29, 0.717) is 36.8 Å². The van der Waals surface area contributed by atoms with Crippen molar-refractivity contribution < 1.29 is 19.3 Å². The highest BCUT2D eigenvalue weighted by Gasteiger charge is 2.18. The van der Waals surface area contributed by atoms with E-state index in [0.717, 1.165) is 0 Å². The summed E-state index contributed by atoms with van der Waals surface area (Å²) in [6, 6.07) is 5.43. The summed E-state index contributed by atoms with van der Waals surface area (Å²) < 4.78 is 15.4. The van der Waals surface area contributed by atoms with E-state index in [1.165, 1.54) is 0 Å². The van der Waals surface area contributed by atoms with Crippen LogP contribution in [-0.4, -0.2) is 46.1 Å². The van der Waals surface area contributed by atoms with Crippen molar-refractivity contribution in [3.8, 4) is 11.5 Å². The molecule has 0 aliphatic heterocycles. The van der Waals surface area contributed by atoms with Crippen molar-refractivity contribution in [2.45, 2.75) is 6.10 Å². The minimum absolute atomic E-state index is 0.417. The smallest absolute Gasteiger partial charge is 0.128 e. The lowest BCUT2D eigenvalue weighted by Crippen LogP contribution is -2.25. The third-order valence-corrected chi connectivity index (χ3v) is 2.62. The van der Waals surface area contributed by atoms with Crippen LogP contribution in [0.4, 0.5) is 0 Å². The van der Waals surface area contributed by atoms with Gasteiger partial charge in [0.25, 0.3) is 0 Å². The van der Waals surface area contributed by atoms with Crippen LogP contribution in [0.3, 0.4) is 0 Å². The van der Waals surface area contributed by atoms with E-state index < -0.39 is 6.10 Å². The van der Waals surface area contributed by atoms with E-state index in [9.17, 15) is 5.11 Å². The molecule has 0 aromatic heterocycles. The molecular formula is C13H21NO4. The van der Waals surface area contributed by atoms with Gasteiger partial charge >= 0.3 is 0 Å². The molecule has 0 amide bonds. The van der Waals surface area contributed by atoms with Gasteiger partial charge in [0, 0.05) is 20.2 Å². The molecule has 0 fully saturated rings. The second kappa shape index (κ2) is 7.92. The Kier molecular flexibility index (Phi) is 6.49. The number of methoxy groups -OCH3 is 3. The fraction of sp³-hybridized carbons (Fsp3) is 0.538. The average molecular weight is 255 g/mol. The van der Waals surface area contributed by atoms with Gasteiger partial charge in [-0.1, -0.05) is 6.07 Å². The Labute approximate surface area is 108 Å². The normalized spacial score (nSPS) is 12.2. The molecule has 18 heavy (non-hydrogen) atoms. The Morgan fingerprint density at radius 2 is 1.78 bits per heavy atom. The van der Waals surface area contributed by atoms with Crippen LogP contribution in [-0.2, 0) is 4.74 Å². The van der Waals surface area contributed by atoms with Crippen molar-refractivity contribution in [2.75, 3.05) is 41.0 Å². The summed E-state index contributed by atoms with van der Waals surface area (Å²) in [5, 5.41) is 13.3. The Hall–Kier alpha value is -1.30. The number of rotatable bonds is 8. The predicted octanol–water partition coefficient (Wildman–Crippen LogP) is 0.973. The molecule has 1 aromatic carbocycles. The van der Waals surface area contributed by atoms with Crippen LogP contribution < -0.4 is 14.8 Å². The Morgan fingerprint density at radius 3 is 2.28 bits per heavy atom. The van der Waals surface area contributed by atoms with Crippen LogP contribution in [0.1, 0.15) is 11.7 Å². The number of benzene rings is 1. The molecule has 5 nitrogen and oxygen atoms in total. The Balaban J connectivity index is 2.73. The van der Waals surface area contributed by atoms with Crippen LogP contribution in [0.15, 0.2) is 18.2 Å². The Morgan fingerprint density at radius 1 is 1.17 bits per heavy atom. The molecule has 0 heterocycles. The molecule has 0 spiro atoms. The molecule has 1 atom stereocenters. The first-order valence-electron chi connectivity index (χ1n) is 5.83. The molecule has 0 saturated carbocycles. The maximum absolute atomic E-state index is 10.2. The molecule has 5 heteroatoms. The molecule has 0 saturated heterocycles. The first kappa shape index (κ1) is 14.8. The molecule has 2 N–H and O–H groups in total. The topological polar surface area (TPSA) is 60.0 Å². The Bertz CT molecular complexity index is 335. The molecule has 102 valence electrons. The third-order valence-electron chi connectivity index (χ3n) is 2.62. The van der Waals surface area contributed by atoms with Crippen molar-refractivity contribution >= 4 is 0 Å². The maximum atomic E-state index is 10.2. The van der Waals surface area contributed by atoms with Gasteiger partial charge in [-0.15, -0.1) is 0 Å². The van der Waals surface area contributed by atoms with Crippen LogP contribution in [0.5, 0.6) is 11.5 Å². The van der Waals surface area contributed by atoms with E-state index in [1.54, 1.807) is 33.5 Å². The minimum atomic E-state index is -0.687. The highest BCUT2D eigenvalue weighted by Crippen LogP contribution is 2.33. The van der Waals surface area contributed by atoms with Crippen molar-refractivity contribution in [1.82, 2.24) is 5.32 Å². The average Bonchev–Trinajstić information content (AvgIpc) is 2.42. The maximum Gasteiger partial charge on any atom is 0.128 e. The quantitative estimate of drug-likeness (QED) is 0.678. The molecule has 1 aromatic rings. The SMILES string of the molecule is COCCNCC(O)c1c(OC)cccc1OC. The van der Waals surface area contributed by atoms with Gasteiger partial charge in [-0.25, -0.2) is 0 Å². The highest BCUT2D eigenvalue weighted by molar-refractivity contribution is 5.46. The van der Waals surface area contributed by atoms with E-state index in [4.69, 9.17) is 14.2 Å². The monoisotopic (exact) mass is 255 g/mol.